The molecule has 3 nitrogen and oxygen atoms in total. The molecule has 0 aromatic heterocycles. The zero-order valence-electron chi connectivity index (χ0n) is 13.8. The molecule has 0 aliphatic carbocycles. The van der Waals surface area contributed by atoms with Crippen LogP contribution in [0.15, 0.2) is 42.5 Å². The van der Waals surface area contributed by atoms with E-state index < -0.39 is 0 Å². The molecule has 0 aliphatic heterocycles. The minimum absolute atomic E-state index is 0.00931. The van der Waals surface area contributed by atoms with Crippen LogP contribution in [0.25, 0.3) is 0 Å². The van der Waals surface area contributed by atoms with E-state index in [-0.39, 0.29) is 5.91 Å². The van der Waals surface area contributed by atoms with Crippen molar-refractivity contribution < 1.29 is 4.79 Å². The Labute approximate surface area is 143 Å². The lowest BCUT2D eigenvalue weighted by molar-refractivity contribution is -0.115. The van der Waals surface area contributed by atoms with Crippen molar-refractivity contribution in [3.8, 4) is 0 Å². The van der Waals surface area contributed by atoms with E-state index in [1.807, 2.05) is 31.2 Å². The molecule has 0 atom stereocenters. The van der Waals surface area contributed by atoms with Crippen LogP contribution in [0.3, 0.4) is 0 Å². The van der Waals surface area contributed by atoms with E-state index in [1.54, 1.807) is 6.07 Å². The molecule has 4 heteroatoms. The molecule has 0 spiro atoms. The van der Waals surface area contributed by atoms with Gasteiger partial charge in [0.1, 0.15) is 0 Å². The Balaban J connectivity index is 1.88. The Morgan fingerprint density at radius 3 is 2.57 bits per heavy atom. The molecule has 0 bridgehead atoms. The minimum atomic E-state index is -0.00931. The lowest BCUT2D eigenvalue weighted by Crippen LogP contribution is -2.17. The Morgan fingerprint density at radius 2 is 1.87 bits per heavy atom. The van der Waals surface area contributed by atoms with Gasteiger partial charge >= 0.3 is 0 Å². The first kappa shape index (κ1) is 17.4. The summed E-state index contributed by atoms with van der Waals surface area (Å²) in [5.41, 5.74) is 4.13. The van der Waals surface area contributed by atoms with Crippen LogP contribution >= 0.6 is 11.6 Å². The van der Waals surface area contributed by atoms with Crippen LogP contribution in [0.5, 0.6) is 0 Å². The summed E-state index contributed by atoms with van der Waals surface area (Å²) in [7, 11) is 0. The topological polar surface area (TPSA) is 41.1 Å². The van der Waals surface area contributed by atoms with Crippen molar-refractivity contribution in [1.29, 1.82) is 0 Å². The van der Waals surface area contributed by atoms with E-state index in [9.17, 15) is 4.79 Å². The number of halogens is 1. The second-order valence-electron chi connectivity index (χ2n) is 5.93. The number of aryl methyl sites for hydroxylation is 1. The monoisotopic (exact) mass is 330 g/mol. The van der Waals surface area contributed by atoms with Gasteiger partial charge in [-0.15, -0.1) is 0 Å². The van der Waals surface area contributed by atoms with Crippen molar-refractivity contribution in [1.82, 2.24) is 0 Å². The number of benzene rings is 2. The van der Waals surface area contributed by atoms with Gasteiger partial charge in [-0.3, -0.25) is 4.79 Å². The van der Waals surface area contributed by atoms with Crippen molar-refractivity contribution in [2.24, 2.45) is 0 Å². The molecule has 23 heavy (non-hydrogen) atoms. The highest BCUT2D eigenvalue weighted by Gasteiger charge is 2.07. The van der Waals surface area contributed by atoms with Gasteiger partial charge in [-0.1, -0.05) is 43.6 Å². The highest BCUT2D eigenvalue weighted by atomic mass is 35.5. The second-order valence-corrected chi connectivity index (χ2v) is 6.36. The third-order valence-corrected chi connectivity index (χ3v) is 3.95. The SMILES string of the molecule is Cc1cc(Cl)ccc1NC(=O)CCNc1ccccc1C(C)C. The first-order chi connectivity index (χ1) is 11.0. The number of carbonyl (C=O) groups is 1. The molecule has 0 radical (unpaired) electrons. The number of hydrogen-bond acceptors (Lipinski definition) is 2. The average Bonchev–Trinajstić information content (AvgIpc) is 2.50. The van der Waals surface area contributed by atoms with Gasteiger partial charge in [-0.25, -0.2) is 0 Å². The molecule has 0 fully saturated rings. The Hall–Kier alpha value is -2.00. The predicted molar refractivity (Wildman–Crippen MR) is 98.5 cm³/mol. The summed E-state index contributed by atoms with van der Waals surface area (Å²) in [6.45, 7) is 6.86. The molecule has 2 N–H and O–H groups in total. The van der Waals surface area contributed by atoms with Crippen LogP contribution in [0.4, 0.5) is 11.4 Å². The molecule has 0 unspecified atom stereocenters. The van der Waals surface area contributed by atoms with Gasteiger partial charge in [0, 0.05) is 29.4 Å². The number of nitrogens with one attached hydrogen (secondary N) is 2. The van der Waals surface area contributed by atoms with Crippen LogP contribution in [0, 0.1) is 6.92 Å². The van der Waals surface area contributed by atoms with Crippen molar-refractivity contribution in [2.75, 3.05) is 17.2 Å². The fraction of sp³-hybridized carbons (Fsp3) is 0.316. The Morgan fingerprint density at radius 1 is 1.13 bits per heavy atom. The maximum atomic E-state index is 12.1. The summed E-state index contributed by atoms with van der Waals surface area (Å²) in [4.78, 5) is 12.1. The number of hydrogen-bond donors (Lipinski definition) is 2. The van der Waals surface area contributed by atoms with Crippen LogP contribution < -0.4 is 10.6 Å². The summed E-state index contributed by atoms with van der Waals surface area (Å²) in [6, 6.07) is 13.7. The highest BCUT2D eigenvalue weighted by Crippen LogP contribution is 2.23. The van der Waals surface area contributed by atoms with Gasteiger partial charge in [0.25, 0.3) is 0 Å². The van der Waals surface area contributed by atoms with E-state index in [0.717, 1.165) is 16.9 Å². The molecule has 0 saturated heterocycles. The largest absolute Gasteiger partial charge is 0.384 e. The number of anilines is 2. The molecular formula is C19H23ClN2O. The molecule has 0 saturated carbocycles. The maximum absolute atomic E-state index is 12.1. The lowest BCUT2D eigenvalue weighted by atomic mass is 10.0. The number of para-hydroxylation sites is 1. The number of carbonyl (C=O) groups excluding carboxylic acids is 1. The average molecular weight is 331 g/mol. The van der Waals surface area contributed by atoms with Gasteiger partial charge in [-0.05, 0) is 48.2 Å². The van der Waals surface area contributed by atoms with E-state index in [0.29, 0.717) is 23.9 Å². The molecule has 2 rings (SSSR count). The molecule has 0 heterocycles. The van der Waals surface area contributed by atoms with Crippen molar-refractivity contribution >= 4 is 28.9 Å². The van der Waals surface area contributed by atoms with Gasteiger partial charge < -0.3 is 10.6 Å². The van der Waals surface area contributed by atoms with Gasteiger partial charge in [0.15, 0.2) is 0 Å². The fourth-order valence-electron chi connectivity index (χ4n) is 2.45. The molecule has 122 valence electrons. The van der Waals surface area contributed by atoms with Crippen molar-refractivity contribution in [2.45, 2.75) is 33.1 Å². The van der Waals surface area contributed by atoms with Crippen molar-refractivity contribution in [3.05, 3.63) is 58.6 Å². The first-order valence-corrected chi connectivity index (χ1v) is 8.24. The maximum Gasteiger partial charge on any atom is 0.226 e. The smallest absolute Gasteiger partial charge is 0.226 e. The zero-order chi connectivity index (χ0) is 16.8. The second kappa shape index (κ2) is 8.02. The lowest BCUT2D eigenvalue weighted by Gasteiger charge is -2.14. The molecule has 0 aliphatic rings. The van der Waals surface area contributed by atoms with Gasteiger partial charge in [0.2, 0.25) is 5.91 Å². The highest BCUT2D eigenvalue weighted by molar-refractivity contribution is 6.30. The standard InChI is InChI=1S/C19H23ClN2O/c1-13(2)16-6-4-5-7-18(16)21-11-10-19(23)22-17-9-8-15(20)12-14(17)3/h4-9,12-13,21H,10-11H2,1-3H3,(H,22,23). The molecule has 2 aromatic rings. The molecule has 2 aromatic carbocycles. The van der Waals surface area contributed by atoms with Crippen LogP contribution in [-0.4, -0.2) is 12.5 Å². The summed E-state index contributed by atoms with van der Waals surface area (Å²) < 4.78 is 0. The van der Waals surface area contributed by atoms with E-state index in [1.165, 1.54) is 5.56 Å². The zero-order valence-corrected chi connectivity index (χ0v) is 14.6. The third kappa shape index (κ3) is 5.00. The third-order valence-electron chi connectivity index (χ3n) is 3.71. The normalized spacial score (nSPS) is 10.7. The van der Waals surface area contributed by atoms with E-state index in [2.05, 4.69) is 36.6 Å². The van der Waals surface area contributed by atoms with Crippen molar-refractivity contribution in [3.63, 3.8) is 0 Å². The van der Waals surface area contributed by atoms with Crippen LogP contribution in [0.2, 0.25) is 5.02 Å². The summed E-state index contributed by atoms with van der Waals surface area (Å²) in [5, 5.41) is 6.95. The summed E-state index contributed by atoms with van der Waals surface area (Å²) in [5.74, 6) is 0.439. The molecule has 1 amide bonds. The Bertz CT molecular complexity index is 683. The van der Waals surface area contributed by atoms with E-state index >= 15 is 0 Å². The fourth-order valence-corrected chi connectivity index (χ4v) is 2.68. The van der Waals surface area contributed by atoms with Crippen LogP contribution in [-0.2, 0) is 4.79 Å². The van der Waals surface area contributed by atoms with Gasteiger partial charge in [0.05, 0.1) is 0 Å². The van der Waals surface area contributed by atoms with E-state index in [4.69, 9.17) is 11.6 Å². The first-order valence-electron chi connectivity index (χ1n) is 7.86. The number of amides is 1. The minimum Gasteiger partial charge on any atom is -0.384 e. The predicted octanol–water partition coefficient (Wildman–Crippen LogP) is 5.21. The summed E-state index contributed by atoms with van der Waals surface area (Å²) >= 11 is 5.92. The van der Waals surface area contributed by atoms with Crippen LogP contribution in [0.1, 0.15) is 37.3 Å². The van der Waals surface area contributed by atoms with Gasteiger partial charge in [-0.2, -0.15) is 0 Å². The quantitative estimate of drug-likeness (QED) is 0.763. The number of rotatable bonds is 6. The molecular weight excluding hydrogens is 308 g/mol. The summed E-state index contributed by atoms with van der Waals surface area (Å²) in [6.07, 6.45) is 0.411. The Kier molecular flexibility index (Phi) is 6.05.